The van der Waals surface area contributed by atoms with Gasteiger partial charge in [-0.3, -0.25) is 4.79 Å². The predicted octanol–water partition coefficient (Wildman–Crippen LogP) is 8.09. The molecule has 0 aliphatic heterocycles. The average Bonchev–Trinajstić information content (AvgIpc) is 3.78. The van der Waals surface area contributed by atoms with Crippen LogP contribution in [0.2, 0.25) is 0 Å². The number of anilines is 1. The van der Waals surface area contributed by atoms with Crippen LogP contribution in [-0.4, -0.2) is 43.5 Å². The molecule has 2 aromatic carbocycles. The molecular formula is C36H44N2O4S. The molecule has 0 unspecified atom stereocenters. The van der Waals surface area contributed by atoms with Crippen molar-refractivity contribution >= 4 is 29.2 Å². The van der Waals surface area contributed by atoms with Gasteiger partial charge in [-0.05, 0) is 118 Å². The highest BCUT2D eigenvalue weighted by Gasteiger charge is 2.33. The molecule has 0 N–H and O–H groups in total. The summed E-state index contributed by atoms with van der Waals surface area (Å²) in [5.41, 5.74) is 4.73. The van der Waals surface area contributed by atoms with Crippen molar-refractivity contribution in [2.45, 2.75) is 89.1 Å². The molecule has 6 nitrogen and oxygen atoms in total. The lowest BCUT2D eigenvalue weighted by Gasteiger charge is -2.36. The fourth-order valence-corrected chi connectivity index (χ4v) is 8.14. The predicted molar refractivity (Wildman–Crippen MR) is 172 cm³/mol. The molecule has 6 rings (SSSR count). The number of ether oxygens (including phenoxy) is 2. The molecule has 3 saturated carbocycles. The van der Waals surface area contributed by atoms with Gasteiger partial charge in [-0.15, -0.1) is 11.3 Å². The topological polar surface area (TPSA) is 68.7 Å². The molecule has 0 spiro atoms. The highest BCUT2D eigenvalue weighted by atomic mass is 32.1. The van der Waals surface area contributed by atoms with Gasteiger partial charge in [-0.25, -0.2) is 4.98 Å². The largest absolute Gasteiger partial charge is 0.496 e. The van der Waals surface area contributed by atoms with Crippen LogP contribution in [0.4, 0.5) is 5.69 Å². The van der Waals surface area contributed by atoms with Crippen molar-refractivity contribution in [2.24, 2.45) is 11.8 Å². The van der Waals surface area contributed by atoms with Gasteiger partial charge in [0, 0.05) is 30.3 Å². The molecule has 7 heteroatoms. The Kier molecular flexibility index (Phi) is 9.58. The first kappa shape index (κ1) is 30.0. The van der Waals surface area contributed by atoms with Crippen LogP contribution in [0.25, 0.3) is 10.4 Å². The van der Waals surface area contributed by atoms with Crippen molar-refractivity contribution < 1.29 is 19.1 Å². The highest BCUT2D eigenvalue weighted by Crippen LogP contribution is 2.44. The summed E-state index contributed by atoms with van der Waals surface area (Å²) in [4.78, 5) is 33.0. The Labute approximate surface area is 259 Å². The first-order valence-corrected chi connectivity index (χ1v) is 16.9. The van der Waals surface area contributed by atoms with E-state index in [-0.39, 0.29) is 24.5 Å². The smallest absolute Gasteiger partial charge is 0.230 e. The quantitative estimate of drug-likeness (QED) is 0.208. The summed E-state index contributed by atoms with van der Waals surface area (Å²) in [5.74, 6) is 2.84. The lowest BCUT2D eigenvalue weighted by atomic mass is 9.78. The summed E-state index contributed by atoms with van der Waals surface area (Å²) in [6.07, 6.45) is 13.2. The molecule has 0 atom stereocenters. The van der Waals surface area contributed by atoms with E-state index in [0.717, 1.165) is 81.2 Å². The number of benzene rings is 2. The first-order valence-electron chi connectivity index (χ1n) is 16.1. The lowest BCUT2D eigenvalue weighted by Crippen LogP contribution is -2.42. The second-order valence-electron chi connectivity index (χ2n) is 12.8. The van der Waals surface area contributed by atoms with Crippen LogP contribution in [0, 0.1) is 18.8 Å². The van der Waals surface area contributed by atoms with E-state index in [1.165, 1.54) is 33.9 Å². The Bertz CT molecular complexity index is 1400. The van der Waals surface area contributed by atoms with E-state index in [1.54, 1.807) is 18.4 Å². The first-order chi connectivity index (χ1) is 21.0. The fraction of sp³-hybridized carbons (Fsp3) is 0.528. The number of rotatable bonds is 11. The van der Waals surface area contributed by atoms with Gasteiger partial charge in [0.05, 0.1) is 23.1 Å². The van der Waals surface area contributed by atoms with Crippen LogP contribution in [0.3, 0.4) is 0 Å². The highest BCUT2D eigenvalue weighted by molar-refractivity contribution is 7.15. The zero-order valence-electron chi connectivity index (χ0n) is 25.5. The van der Waals surface area contributed by atoms with Crippen LogP contribution < -0.4 is 9.64 Å². The normalized spacial score (nSPS) is 24.0. The molecular weight excluding hydrogens is 556 g/mol. The Morgan fingerprint density at radius 3 is 2.44 bits per heavy atom. The molecule has 3 aliphatic carbocycles. The maximum absolute atomic E-state index is 14.2. The molecule has 3 aromatic rings. The van der Waals surface area contributed by atoms with Crippen molar-refractivity contribution in [3.63, 3.8) is 0 Å². The van der Waals surface area contributed by atoms with Gasteiger partial charge in [0.25, 0.3) is 0 Å². The number of aromatic nitrogens is 1. The molecule has 1 heterocycles. The summed E-state index contributed by atoms with van der Waals surface area (Å²) in [7, 11) is 1.73. The lowest BCUT2D eigenvalue weighted by molar-refractivity contribution is -0.125. The van der Waals surface area contributed by atoms with E-state index in [4.69, 9.17) is 14.5 Å². The van der Waals surface area contributed by atoms with Crippen LogP contribution in [0.5, 0.6) is 5.75 Å². The Hall–Kier alpha value is -3.03. The van der Waals surface area contributed by atoms with Crippen molar-refractivity contribution in [3.05, 3.63) is 64.8 Å². The number of amides is 1. The fourth-order valence-electron chi connectivity index (χ4n) is 7.05. The number of thiazole rings is 1. The summed E-state index contributed by atoms with van der Waals surface area (Å²) in [6.45, 7) is 3.02. The van der Waals surface area contributed by atoms with Gasteiger partial charge in [0.2, 0.25) is 5.91 Å². The van der Waals surface area contributed by atoms with Crippen LogP contribution >= 0.6 is 11.3 Å². The van der Waals surface area contributed by atoms with Crippen molar-refractivity contribution in [3.8, 4) is 16.2 Å². The number of aldehydes is 1. The van der Waals surface area contributed by atoms with E-state index in [1.807, 2.05) is 6.20 Å². The number of aryl methyl sites for hydroxylation is 1. The zero-order valence-corrected chi connectivity index (χ0v) is 26.3. The summed E-state index contributed by atoms with van der Waals surface area (Å²) < 4.78 is 11.2. The minimum atomic E-state index is -0.0109. The van der Waals surface area contributed by atoms with E-state index in [0.29, 0.717) is 17.8 Å². The number of hydrogen-bond acceptors (Lipinski definition) is 6. The Morgan fingerprint density at radius 2 is 1.74 bits per heavy atom. The van der Waals surface area contributed by atoms with Crippen LogP contribution in [-0.2, 0) is 14.3 Å². The van der Waals surface area contributed by atoms with Crippen molar-refractivity contribution in [2.75, 3.05) is 25.2 Å². The number of hydrogen-bond donors (Lipinski definition) is 0. The van der Waals surface area contributed by atoms with Crippen LogP contribution in [0.15, 0.2) is 48.7 Å². The average molecular weight is 601 g/mol. The maximum Gasteiger partial charge on any atom is 0.230 e. The molecule has 0 saturated heterocycles. The number of carbonyl (C=O) groups is 2. The van der Waals surface area contributed by atoms with E-state index >= 15 is 0 Å². The van der Waals surface area contributed by atoms with Gasteiger partial charge in [0.1, 0.15) is 18.6 Å². The monoisotopic (exact) mass is 600 g/mol. The minimum absolute atomic E-state index is 0.0109. The Balaban J connectivity index is 1.17. The molecule has 228 valence electrons. The zero-order chi connectivity index (χ0) is 29.8. The van der Waals surface area contributed by atoms with Crippen molar-refractivity contribution in [1.82, 2.24) is 4.98 Å². The number of carbonyl (C=O) groups excluding carboxylic acids is 2. The van der Waals surface area contributed by atoms with Gasteiger partial charge < -0.3 is 19.2 Å². The van der Waals surface area contributed by atoms with Gasteiger partial charge >= 0.3 is 0 Å². The van der Waals surface area contributed by atoms with E-state index < -0.39 is 0 Å². The molecule has 1 aromatic heterocycles. The van der Waals surface area contributed by atoms with Crippen LogP contribution in [0.1, 0.15) is 92.2 Å². The SMILES string of the molecule is COc1ccc(C2CCC(CN(C(=O)C3CCC(OCC=O)CC3)c3cccc(-c4cnc(C5CC5)s4)c3)CC2)cc1C. The third-order valence-electron chi connectivity index (χ3n) is 9.76. The van der Waals surface area contributed by atoms with Gasteiger partial charge in [0.15, 0.2) is 0 Å². The molecule has 3 fully saturated rings. The van der Waals surface area contributed by atoms with E-state index in [9.17, 15) is 9.59 Å². The third kappa shape index (κ3) is 7.21. The Morgan fingerprint density at radius 1 is 0.977 bits per heavy atom. The van der Waals surface area contributed by atoms with Crippen molar-refractivity contribution in [1.29, 1.82) is 0 Å². The second-order valence-corrected chi connectivity index (χ2v) is 13.8. The van der Waals surface area contributed by atoms with E-state index in [2.05, 4.69) is 54.3 Å². The molecule has 43 heavy (non-hydrogen) atoms. The molecule has 3 aliphatic rings. The summed E-state index contributed by atoms with van der Waals surface area (Å²) in [5, 5.41) is 1.24. The third-order valence-corrected chi connectivity index (χ3v) is 11.0. The van der Waals surface area contributed by atoms with Gasteiger partial charge in [-0.1, -0.05) is 24.3 Å². The minimum Gasteiger partial charge on any atom is -0.496 e. The maximum atomic E-state index is 14.2. The standard InChI is InChI=1S/C36H44N2O4S/c1-24-20-29(14-17-33(24)41-2)26-8-6-25(7-9-26)23-38(36(40)28-12-15-32(16-13-28)42-19-18-39)31-5-3-4-30(21-31)34-22-37-35(43-34)27-10-11-27/h3-5,14,17-18,20-22,25-28,32H,6-13,15-16,19,23H2,1-2H3. The second kappa shape index (κ2) is 13.7. The number of methoxy groups -OCH3 is 1. The summed E-state index contributed by atoms with van der Waals surface area (Å²) in [6, 6.07) is 15.2. The molecule has 0 bridgehead atoms. The molecule has 1 amide bonds. The number of nitrogens with zero attached hydrogens (tertiary/aromatic N) is 2. The van der Waals surface area contributed by atoms with Gasteiger partial charge in [-0.2, -0.15) is 0 Å². The summed E-state index contributed by atoms with van der Waals surface area (Å²) >= 11 is 1.80. The molecule has 0 radical (unpaired) electrons.